The smallest absolute Gasteiger partial charge is 0.245 e. The van der Waals surface area contributed by atoms with Crippen LogP contribution in [-0.2, 0) is 4.79 Å². The van der Waals surface area contributed by atoms with Crippen molar-refractivity contribution >= 4 is 13.8 Å². The summed E-state index contributed by atoms with van der Waals surface area (Å²) in [4.78, 5) is 17.9. The van der Waals surface area contributed by atoms with Gasteiger partial charge in [0.1, 0.15) is 13.9 Å². The second-order valence-electron chi connectivity index (χ2n) is 6.92. The number of carbonyl (C=O) groups excluding carboxylic acids is 1. The second-order valence-corrected chi connectivity index (χ2v) is 6.92. The number of rotatable bonds is 5. The molecule has 3 rings (SSSR count). The lowest BCUT2D eigenvalue weighted by molar-refractivity contribution is -0.137. The molecule has 2 aliphatic heterocycles. The Kier molecular flexibility index (Phi) is 6.51. The third-order valence-electron chi connectivity index (χ3n) is 5.24. The molecular weight excluding hydrogens is 307 g/mol. The number of amides is 1. The Balaban J connectivity index is 1.83. The van der Waals surface area contributed by atoms with Crippen LogP contribution in [0, 0.1) is 0 Å². The molecule has 2 fully saturated rings. The maximum absolute atomic E-state index is 13.5. The van der Waals surface area contributed by atoms with Gasteiger partial charge in [-0.2, -0.15) is 0 Å². The fourth-order valence-electron chi connectivity index (χ4n) is 4.00. The first-order valence-corrected chi connectivity index (χ1v) is 9.46. The largest absolute Gasteiger partial charge is 0.335 e. The van der Waals surface area contributed by atoms with Crippen LogP contribution in [0.15, 0.2) is 54.5 Å². The molecule has 2 radical (unpaired) electrons. The summed E-state index contributed by atoms with van der Waals surface area (Å²) in [6.07, 6.45) is 11.6. The summed E-state index contributed by atoms with van der Waals surface area (Å²) in [7, 11) is 5.41. The zero-order valence-electron chi connectivity index (χ0n) is 14.9. The van der Waals surface area contributed by atoms with E-state index in [1.807, 2.05) is 30.4 Å². The highest BCUT2D eigenvalue weighted by Gasteiger charge is 2.36. The van der Waals surface area contributed by atoms with Crippen molar-refractivity contribution in [3.8, 4) is 0 Å². The highest BCUT2D eigenvalue weighted by Crippen LogP contribution is 2.30. The molecule has 0 spiro atoms. The zero-order chi connectivity index (χ0) is 17.5. The van der Waals surface area contributed by atoms with E-state index in [1.54, 1.807) is 0 Å². The second kappa shape index (κ2) is 9.05. The van der Waals surface area contributed by atoms with E-state index in [2.05, 4.69) is 28.0 Å². The van der Waals surface area contributed by atoms with Crippen LogP contribution in [0.1, 0.15) is 43.7 Å². The van der Waals surface area contributed by atoms with Crippen molar-refractivity contribution in [3.05, 3.63) is 60.1 Å². The number of piperidine rings is 1. The van der Waals surface area contributed by atoms with E-state index in [4.69, 9.17) is 7.85 Å². The Bertz CT molecular complexity index is 608. The summed E-state index contributed by atoms with van der Waals surface area (Å²) >= 11 is 0. The number of benzene rings is 1. The van der Waals surface area contributed by atoms with Crippen molar-refractivity contribution in [1.82, 2.24) is 9.80 Å². The quantitative estimate of drug-likeness (QED) is 0.608. The lowest BCUT2D eigenvalue weighted by Crippen LogP contribution is -2.46. The molecule has 0 aromatic heterocycles. The summed E-state index contributed by atoms with van der Waals surface area (Å²) in [5.74, 6) is 1.77. The molecule has 2 atom stereocenters. The van der Waals surface area contributed by atoms with Crippen molar-refractivity contribution in [3.63, 3.8) is 0 Å². The first-order valence-electron chi connectivity index (χ1n) is 9.46. The monoisotopic (exact) mass is 334 g/mol. The Hall–Kier alpha value is -1.81. The predicted octanol–water partition coefficient (Wildman–Crippen LogP) is 3.44. The molecule has 0 unspecified atom stereocenters. The predicted molar refractivity (Wildman–Crippen MR) is 103 cm³/mol. The van der Waals surface area contributed by atoms with Gasteiger partial charge in [-0.15, -0.1) is 5.98 Å². The summed E-state index contributed by atoms with van der Waals surface area (Å²) in [5.41, 5.74) is 1.12. The molecule has 0 saturated carbocycles. The number of hydrogen-bond donors (Lipinski definition) is 0. The Morgan fingerprint density at radius 1 is 1.04 bits per heavy atom. The van der Waals surface area contributed by atoms with Gasteiger partial charge >= 0.3 is 0 Å². The van der Waals surface area contributed by atoms with Gasteiger partial charge in [-0.3, -0.25) is 9.69 Å². The SMILES string of the molecule is [B]C=CC=C[C@H]1CCCN1C(=O)[C@@H](c1ccccc1)N1CCCCC1. The van der Waals surface area contributed by atoms with E-state index in [0.717, 1.165) is 38.0 Å². The van der Waals surface area contributed by atoms with E-state index in [1.165, 1.54) is 25.2 Å². The molecule has 25 heavy (non-hydrogen) atoms. The molecule has 4 heteroatoms. The van der Waals surface area contributed by atoms with Crippen LogP contribution in [0.3, 0.4) is 0 Å². The molecule has 1 amide bonds. The molecule has 2 saturated heterocycles. The lowest BCUT2D eigenvalue weighted by atomic mass is 10.00. The van der Waals surface area contributed by atoms with Crippen molar-refractivity contribution in [2.45, 2.75) is 44.2 Å². The van der Waals surface area contributed by atoms with Crippen LogP contribution in [0.25, 0.3) is 0 Å². The van der Waals surface area contributed by atoms with E-state index in [9.17, 15) is 4.79 Å². The van der Waals surface area contributed by atoms with Crippen LogP contribution in [0.2, 0.25) is 0 Å². The minimum atomic E-state index is -0.152. The average molecular weight is 334 g/mol. The molecule has 2 heterocycles. The maximum Gasteiger partial charge on any atom is 0.245 e. The van der Waals surface area contributed by atoms with Gasteiger partial charge < -0.3 is 4.90 Å². The van der Waals surface area contributed by atoms with Gasteiger partial charge in [-0.1, -0.05) is 55.0 Å². The van der Waals surface area contributed by atoms with E-state index >= 15 is 0 Å². The van der Waals surface area contributed by atoms with Crippen molar-refractivity contribution in [1.29, 1.82) is 0 Å². The van der Waals surface area contributed by atoms with Gasteiger partial charge in [0.2, 0.25) is 5.91 Å². The number of hydrogen-bond acceptors (Lipinski definition) is 2. The van der Waals surface area contributed by atoms with E-state index < -0.39 is 0 Å². The third kappa shape index (κ3) is 4.43. The summed E-state index contributed by atoms with van der Waals surface area (Å²) in [6.45, 7) is 2.86. The van der Waals surface area contributed by atoms with Gasteiger partial charge in [0.15, 0.2) is 0 Å². The van der Waals surface area contributed by atoms with Gasteiger partial charge in [0, 0.05) is 6.54 Å². The zero-order valence-corrected chi connectivity index (χ0v) is 14.9. The number of likely N-dealkylation sites (tertiary alicyclic amines) is 2. The first-order chi connectivity index (χ1) is 12.3. The molecule has 1 aromatic carbocycles. The lowest BCUT2D eigenvalue weighted by Gasteiger charge is -2.37. The van der Waals surface area contributed by atoms with Gasteiger partial charge in [0.25, 0.3) is 0 Å². The summed E-state index contributed by atoms with van der Waals surface area (Å²) in [5, 5.41) is 0. The number of carbonyl (C=O) groups is 1. The minimum absolute atomic E-state index is 0.152. The third-order valence-corrected chi connectivity index (χ3v) is 5.24. The Morgan fingerprint density at radius 2 is 1.80 bits per heavy atom. The Labute approximate surface area is 152 Å². The molecule has 0 aliphatic carbocycles. The van der Waals surface area contributed by atoms with Gasteiger partial charge in [-0.25, -0.2) is 0 Å². The van der Waals surface area contributed by atoms with Gasteiger partial charge in [0.05, 0.1) is 6.04 Å². The fraction of sp³-hybridized carbons (Fsp3) is 0.476. The highest BCUT2D eigenvalue weighted by molar-refractivity contribution is 6.17. The molecule has 130 valence electrons. The normalized spacial score (nSPS) is 23.5. The molecule has 0 N–H and O–H groups in total. The number of allylic oxidation sites excluding steroid dienone is 2. The van der Waals surface area contributed by atoms with E-state index in [0.29, 0.717) is 0 Å². The van der Waals surface area contributed by atoms with Crippen LogP contribution in [-0.4, -0.2) is 49.2 Å². The van der Waals surface area contributed by atoms with Crippen molar-refractivity contribution < 1.29 is 4.79 Å². The molecule has 0 bridgehead atoms. The fourth-order valence-corrected chi connectivity index (χ4v) is 4.00. The molecule has 3 nitrogen and oxygen atoms in total. The topological polar surface area (TPSA) is 23.6 Å². The maximum atomic E-state index is 13.5. The van der Waals surface area contributed by atoms with Crippen molar-refractivity contribution in [2.75, 3.05) is 19.6 Å². The van der Waals surface area contributed by atoms with Crippen LogP contribution >= 0.6 is 0 Å². The van der Waals surface area contributed by atoms with Crippen LogP contribution in [0.4, 0.5) is 0 Å². The summed E-state index contributed by atoms with van der Waals surface area (Å²) in [6, 6.07) is 10.3. The summed E-state index contributed by atoms with van der Waals surface area (Å²) < 4.78 is 0. The van der Waals surface area contributed by atoms with Crippen LogP contribution in [0.5, 0.6) is 0 Å². The van der Waals surface area contributed by atoms with Gasteiger partial charge in [-0.05, 0) is 44.3 Å². The standard InChI is InChI=1S/C21H27BN2O/c22-14-6-5-12-19-13-9-17-24(19)21(25)20(18-10-3-1-4-11-18)23-15-7-2-8-16-23/h1,3-6,10-12,14,19-20H,2,7-9,13,15-17H2/t19-,20+/m0/s1. The highest BCUT2D eigenvalue weighted by atomic mass is 16.2. The molecule has 2 aliphatic rings. The average Bonchev–Trinajstić information content (AvgIpc) is 3.12. The Morgan fingerprint density at radius 3 is 2.52 bits per heavy atom. The van der Waals surface area contributed by atoms with Crippen LogP contribution < -0.4 is 0 Å². The minimum Gasteiger partial charge on any atom is -0.335 e. The molecular formula is C21H27BN2O. The first kappa shape index (κ1) is 18.0. The van der Waals surface area contributed by atoms with E-state index in [-0.39, 0.29) is 18.0 Å². The van der Waals surface area contributed by atoms with Crippen molar-refractivity contribution in [2.24, 2.45) is 0 Å². The number of nitrogens with zero attached hydrogens (tertiary/aromatic N) is 2. The molecule has 1 aromatic rings.